The van der Waals surface area contributed by atoms with E-state index in [2.05, 4.69) is 27.6 Å². The highest BCUT2D eigenvalue weighted by Gasteiger charge is 2.45. The molecule has 0 bridgehead atoms. The molecule has 1 aromatic heterocycles. The number of hydrogen-bond acceptors (Lipinski definition) is 5. The first-order valence-corrected chi connectivity index (χ1v) is 11.1. The molecule has 2 heterocycles. The number of urea groups is 1. The largest absolute Gasteiger partial charge is 0.334 e. The zero-order valence-corrected chi connectivity index (χ0v) is 20.6. The van der Waals surface area contributed by atoms with Gasteiger partial charge >= 0.3 is 6.03 Å². The van der Waals surface area contributed by atoms with E-state index in [0.29, 0.717) is 23.6 Å². The van der Waals surface area contributed by atoms with Crippen LogP contribution in [0.1, 0.15) is 42.4 Å². The zero-order valence-electron chi connectivity index (χ0n) is 20.6. The smallest absolute Gasteiger partial charge is 0.318 e. The van der Waals surface area contributed by atoms with E-state index in [4.69, 9.17) is 0 Å². The van der Waals surface area contributed by atoms with E-state index in [9.17, 15) is 14.4 Å². The summed E-state index contributed by atoms with van der Waals surface area (Å²) in [5.41, 5.74) is 2.06. The average Bonchev–Trinajstić information content (AvgIpc) is 3.21. The second-order valence-electron chi connectivity index (χ2n) is 9.28. The molecule has 182 valence electrons. The van der Waals surface area contributed by atoms with Gasteiger partial charge in [-0.1, -0.05) is 6.58 Å². The molecule has 10 nitrogen and oxygen atoms in total. The number of aromatic nitrogens is 2. The van der Waals surface area contributed by atoms with Crippen LogP contribution in [0.3, 0.4) is 0 Å². The summed E-state index contributed by atoms with van der Waals surface area (Å²) in [6.45, 7) is 10.4. The fourth-order valence-corrected chi connectivity index (χ4v) is 4.35. The van der Waals surface area contributed by atoms with Crippen LogP contribution in [0.5, 0.6) is 0 Å². The van der Waals surface area contributed by atoms with Crippen molar-refractivity contribution in [3.63, 3.8) is 0 Å². The lowest BCUT2D eigenvalue weighted by molar-refractivity contribution is -0.111. The lowest BCUT2D eigenvalue weighted by Gasteiger charge is -2.34. The Hall–Kier alpha value is -3.66. The molecular weight excluding hydrogens is 434 g/mol. The zero-order chi connectivity index (χ0) is 25.2. The molecule has 1 unspecified atom stereocenters. The molecule has 3 N–H and O–H groups in total. The first-order valence-electron chi connectivity index (χ1n) is 11.1. The van der Waals surface area contributed by atoms with Crippen molar-refractivity contribution in [3.8, 4) is 0 Å². The maximum absolute atomic E-state index is 13.1. The number of carbonyl (C=O) groups is 3. The molecule has 4 amide bonds. The summed E-state index contributed by atoms with van der Waals surface area (Å²) in [6.07, 6.45) is 1.18. The molecule has 2 aromatic rings. The second-order valence-corrected chi connectivity index (χ2v) is 9.28. The minimum absolute atomic E-state index is 0.0152. The number of rotatable bonds is 7. The molecule has 3 rings (SSSR count). The Balaban J connectivity index is 1.76. The first kappa shape index (κ1) is 25.0. The van der Waals surface area contributed by atoms with E-state index in [0.717, 1.165) is 17.8 Å². The Labute approximate surface area is 200 Å². The SMILES string of the molecule is C=CC(=O)Nc1ccc(C(=O)Nc2nn(C)c3c2CN(C(=O)NC(C)CN(C)C)C3(C)C)cc1. The van der Waals surface area contributed by atoms with Crippen LogP contribution in [-0.4, -0.2) is 64.1 Å². The summed E-state index contributed by atoms with van der Waals surface area (Å²) >= 11 is 0. The molecule has 34 heavy (non-hydrogen) atoms. The number of hydrogen-bond donors (Lipinski definition) is 3. The molecule has 10 heteroatoms. The Bertz CT molecular complexity index is 1100. The predicted molar refractivity (Wildman–Crippen MR) is 132 cm³/mol. The normalized spacial score (nSPS) is 15.0. The maximum atomic E-state index is 13.1. The third kappa shape index (κ3) is 5.12. The van der Waals surface area contributed by atoms with Crippen LogP contribution in [0.4, 0.5) is 16.3 Å². The molecule has 0 saturated heterocycles. The molecular formula is C24H33N7O3. The van der Waals surface area contributed by atoms with Gasteiger partial charge in [-0.2, -0.15) is 5.10 Å². The number of anilines is 2. The van der Waals surface area contributed by atoms with Crippen molar-refractivity contribution in [3.05, 3.63) is 53.7 Å². The second kappa shape index (κ2) is 9.68. The molecule has 1 aromatic carbocycles. The Morgan fingerprint density at radius 1 is 1.21 bits per heavy atom. The Morgan fingerprint density at radius 2 is 1.85 bits per heavy atom. The minimum Gasteiger partial charge on any atom is -0.334 e. The van der Waals surface area contributed by atoms with Crippen LogP contribution in [0.15, 0.2) is 36.9 Å². The van der Waals surface area contributed by atoms with Gasteiger partial charge in [-0.25, -0.2) is 4.79 Å². The molecule has 0 spiro atoms. The van der Waals surface area contributed by atoms with Gasteiger partial charge in [0.15, 0.2) is 5.82 Å². The van der Waals surface area contributed by atoms with Gasteiger partial charge in [-0.3, -0.25) is 14.3 Å². The van der Waals surface area contributed by atoms with Crippen LogP contribution >= 0.6 is 0 Å². The van der Waals surface area contributed by atoms with E-state index in [-0.39, 0.29) is 23.9 Å². The van der Waals surface area contributed by atoms with E-state index < -0.39 is 5.54 Å². The van der Waals surface area contributed by atoms with Crippen LogP contribution in [0.2, 0.25) is 0 Å². The van der Waals surface area contributed by atoms with Gasteiger partial charge in [0.2, 0.25) is 5.91 Å². The van der Waals surface area contributed by atoms with Crippen LogP contribution < -0.4 is 16.0 Å². The Kier molecular flexibility index (Phi) is 7.11. The topological polar surface area (TPSA) is 112 Å². The molecule has 0 saturated carbocycles. The van der Waals surface area contributed by atoms with Crippen molar-refractivity contribution in [1.82, 2.24) is 24.9 Å². The van der Waals surface area contributed by atoms with Crippen molar-refractivity contribution in [2.24, 2.45) is 7.05 Å². The van der Waals surface area contributed by atoms with E-state index in [1.165, 1.54) is 6.08 Å². The molecule has 1 aliphatic rings. The molecule has 1 aliphatic heterocycles. The van der Waals surface area contributed by atoms with Crippen LogP contribution in [0.25, 0.3) is 0 Å². The van der Waals surface area contributed by atoms with Crippen molar-refractivity contribution >= 4 is 29.4 Å². The van der Waals surface area contributed by atoms with Gasteiger partial charge in [0.05, 0.1) is 17.8 Å². The summed E-state index contributed by atoms with van der Waals surface area (Å²) in [4.78, 5) is 41.1. The summed E-state index contributed by atoms with van der Waals surface area (Å²) in [6, 6.07) is 6.34. The number of amides is 4. The van der Waals surface area contributed by atoms with Crippen molar-refractivity contribution in [1.29, 1.82) is 0 Å². The monoisotopic (exact) mass is 467 g/mol. The highest BCUT2D eigenvalue weighted by molar-refractivity contribution is 6.05. The van der Waals surface area contributed by atoms with Crippen molar-refractivity contribution in [2.75, 3.05) is 31.3 Å². The molecule has 0 radical (unpaired) electrons. The highest BCUT2D eigenvalue weighted by Crippen LogP contribution is 2.41. The van der Waals surface area contributed by atoms with Gasteiger partial charge in [0.25, 0.3) is 5.91 Å². The number of nitrogens with one attached hydrogen (secondary N) is 3. The standard InChI is InChI=1S/C24H33N7O3/c1-8-19(32)26-17-11-9-16(10-12-17)22(33)27-21-18-14-31(23(34)25-15(2)13-29(5)6)24(3,4)20(18)30(7)28-21/h8-12,15H,1,13-14H2,2-7H3,(H,25,34)(H,26,32)(H,27,28,33). The first-order chi connectivity index (χ1) is 15.9. The summed E-state index contributed by atoms with van der Waals surface area (Å²) in [7, 11) is 5.73. The van der Waals surface area contributed by atoms with Crippen LogP contribution in [0, 0.1) is 0 Å². The van der Waals surface area contributed by atoms with Gasteiger partial charge in [-0.05, 0) is 65.2 Å². The fraction of sp³-hybridized carbons (Fsp3) is 0.417. The van der Waals surface area contributed by atoms with E-state index in [1.807, 2.05) is 46.8 Å². The maximum Gasteiger partial charge on any atom is 0.318 e. The van der Waals surface area contributed by atoms with Gasteiger partial charge in [0, 0.05) is 36.4 Å². The van der Waals surface area contributed by atoms with Gasteiger partial charge in [0.1, 0.15) is 0 Å². The summed E-state index contributed by atoms with van der Waals surface area (Å²) in [5, 5.41) is 13.1. The van der Waals surface area contributed by atoms with Gasteiger partial charge < -0.3 is 25.8 Å². The Morgan fingerprint density at radius 3 is 2.44 bits per heavy atom. The predicted octanol–water partition coefficient (Wildman–Crippen LogP) is 2.51. The number of benzene rings is 1. The van der Waals surface area contributed by atoms with Crippen molar-refractivity contribution in [2.45, 2.75) is 38.9 Å². The third-order valence-corrected chi connectivity index (χ3v) is 5.80. The number of aryl methyl sites for hydroxylation is 1. The van der Waals surface area contributed by atoms with E-state index >= 15 is 0 Å². The lowest BCUT2D eigenvalue weighted by Crippen LogP contribution is -2.50. The highest BCUT2D eigenvalue weighted by atomic mass is 16.2. The number of carbonyl (C=O) groups excluding carboxylic acids is 3. The minimum atomic E-state index is -0.604. The van der Waals surface area contributed by atoms with Gasteiger partial charge in [-0.15, -0.1) is 0 Å². The average molecular weight is 468 g/mol. The molecule has 0 aliphatic carbocycles. The van der Waals surface area contributed by atoms with Crippen molar-refractivity contribution < 1.29 is 14.4 Å². The summed E-state index contributed by atoms with van der Waals surface area (Å²) < 4.78 is 1.72. The lowest BCUT2D eigenvalue weighted by atomic mass is 10.0. The molecule has 1 atom stereocenters. The quantitative estimate of drug-likeness (QED) is 0.542. The fourth-order valence-electron chi connectivity index (χ4n) is 4.35. The number of fused-ring (bicyclic) bond motifs is 1. The number of nitrogens with zero attached hydrogens (tertiary/aromatic N) is 4. The summed E-state index contributed by atoms with van der Waals surface area (Å²) in [5.74, 6) is -0.229. The number of likely N-dealkylation sites (N-methyl/N-ethyl adjacent to an activating group) is 1. The van der Waals surface area contributed by atoms with E-state index in [1.54, 1.807) is 33.8 Å². The third-order valence-electron chi connectivity index (χ3n) is 5.80. The van der Waals surface area contributed by atoms with Crippen LogP contribution in [-0.2, 0) is 23.9 Å². The molecule has 0 fully saturated rings.